The molecule has 0 aliphatic rings. The molecular weight excluding hydrogens is 491 g/mol. The van der Waals surface area contributed by atoms with E-state index in [0.29, 0.717) is 32.4 Å². The van der Waals surface area contributed by atoms with Crippen LogP contribution in [0.4, 0.5) is 0 Å². The summed E-state index contributed by atoms with van der Waals surface area (Å²) in [6, 6.07) is 17.8. The summed E-state index contributed by atoms with van der Waals surface area (Å²) in [5, 5.41) is 19.5. The fourth-order valence-corrected chi connectivity index (χ4v) is 4.80. The van der Waals surface area contributed by atoms with Crippen LogP contribution in [0.15, 0.2) is 65.0 Å². The number of thiazole rings is 1. The molecule has 1 unspecified atom stereocenters. The molecule has 0 amide bonds. The molecule has 0 spiro atoms. The molecule has 0 fully saturated rings. The smallest absolute Gasteiger partial charge is 0.268 e. The third-order valence-corrected chi connectivity index (χ3v) is 6.53. The van der Waals surface area contributed by atoms with Crippen molar-refractivity contribution in [2.75, 3.05) is 0 Å². The zero-order valence-corrected chi connectivity index (χ0v) is 20.2. The standard InChI is InChI=1S/C25H16Cl2N4O2S/c1-31-22(21(8-18(11-29)25(31)32)17-6-19(26)9-20(27)7-17)13-33-24(23-12-30-14-34-23)16-4-2-15(10-28)3-5-16/h2-9,12,14,24H,13H2,1H3. The van der Waals surface area contributed by atoms with Crippen molar-refractivity contribution in [3.63, 3.8) is 0 Å². The first kappa shape index (κ1) is 23.7. The molecule has 2 heterocycles. The summed E-state index contributed by atoms with van der Waals surface area (Å²) >= 11 is 13.9. The molecule has 0 saturated carbocycles. The van der Waals surface area contributed by atoms with Crippen molar-refractivity contribution in [1.82, 2.24) is 9.55 Å². The van der Waals surface area contributed by atoms with E-state index in [9.17, 15) is 10.1 Å². The number of hydrogen-bond donors (Lipinski definition) is 0. The van der Waals surface area contributed by atoms with E-state index in [-0.39, 0.29) is 12.2 Å². The second-order valence-corrected chi connectivity index (χ2v) is 9.17. The molecular formula is C25H16Cl2N4O2S. The predicted octanol–water partition coefficient (Wildman–Crippen LogP) is 5.87. The number of pyridine rings is 1. The summed E-state index contributed by atoms with van der Waals surface area (Å²) in [4.78, 5) is 17.8. The van der Waals surface area contributed by atoms with Gasteiger partial charge in [0.2, 0.25) is 0 Å². The fourth-order valence-electron chi connectivity index (χ4n) is 3.58. The van der Waals surface area contributed by atoms with Gasteiger partial charge in [-0.3, -0.25) is 9.78 Å². The molecule has 168 valence electrons. The number of nitrogens with zero attached hydrogens (tertiary/aromatic N) is 4. The Morgan fingerprint density at radius 2 is 1.79 bits per heavy atom. The van der Waals surface area contributed by atoms with Gasteiger partial charge in [-0.2, -0.15) is 10.5 Å². The minimum atomic E-state index is -0.471. The van der Waals surface area contributed by atoms with Gasteiger partial charge in [-0.15, -0.1) is 11.3 Å². The first-order chi connectivity index (χ1) is 16.4. The Morgan fingerprint density at radius 1 is 1.09 bits per heavy atom. The van der Waals surface area contributed by atoms with E-state index in [1.54, 1.807) is 49.1 Å². The highest BCUT2D eigenvalue weighted by atomic mass is 35.5. The second-order valence-electron chi connectivity index (χ2n) is 7.38. The number of aromatic nitrogens is 2. The highest BCUT2D eigenvalue weighted by Gasteiger charge is 2.21. The fraction of sp³-hybridized carbons (Fsp3) is 0.120. The summed E-state index contributed by atoms with van der Waals surface area (Å²) in [6.45, 7) is 0.0550. The predicted molar refractivity (Wildman–Crippen MR) is 132 cm³/mol. The Hall–Kier alpha value is -3.46. The molecule has 4 aromatic rings. The molecule has 0 radical (unpaired) electrons. The summed E-state index contributed by atoms with van der Waals surface area (Å²) < 4.78 is 7.75. The maximum Gasteiger partial charge on any atom is 0.268 e. The van der Waals surface area contributed by atoms with E-state index in [1.807, 2.05) is 18.2 Å². The first-order valence-electron chi connectivity index (χ1n) is 10.0. The number of halogens is 2. The average Bonchev–Trinajstić information content (AvgIpc) is 3.36. The summed E-state index contributed by atoms with van der Waals surface area (Å²) in [5.41, 5.74) is 4.52. The summed E-state index contributed by atoms with van der Waals surface area (Å²) in [6.07, 6.45) is 1.25. The van der Waals surface area contributed by atoms with Crippen LogP contribution in [0.3, 0.4) is 0 Å². The van der Waals surface area contributed by atoms with Crippen LogP contribution >= 0.6 is 34.5 Å². The van der Waals surface area contributed by atoms with Crippen LogP contribution in [0, 0.1) is 22.7 Å². The van der Waals surface area contributed by atoms with Crippen molar-refractivity contribution in [2.24, 2.45) is 7.05 Å². The van der Waals surface area contributed by atoms with E-state index >= 15 is 0 Å². The van der Waals surface area contributed by atoms with Gasteiger partial charge in [0.25, 0.3) is 5.56 Å². The quantitative estimate of drug-likeness (QED) is 0.326. The van der Waals surface area contributed by atoms with Gasteiger partial charge in [-0.1, -0.05) is 35.3 Å². The van der Waals surface area contributed by atoms with Crippen LogP contribution in [0.2, 0.25) is 10.0 Å². The lowest BCUT2D eigenvalue weighted by atomic mass is 10.0. The number of ether oxygens (including phenoxy) is 1. The maximum absolute atomic E-state index is 12.7. The largest absolute Gasteiger partial charge is 0.362 e. The minimum Gasteiger partial charge on any atom is -0.362 e. The molecule has 2 aromatic heterocycles. The molecule has 0 saturated heterocycles. The Kier molecular flexibility index (Phi) is 7.12. The van der Waals surface area contributed by atoms with Crippen LogP contribution in [0.25, 0.3) is 11.1 Å². The highest BCUT2D eigenvalue weighted by Crippen LogP contribution is 2.33. The van der Waals surface area contributed by atoms with Gasteiger partial charge >= 0.3 is 0 Å². The zero-order chi connectivity index (χ0) is 24.2. The third kappa shape index (κ3) is 4.89. The lowest BCUT2D eigenvalue weighted by Crippen LogP contribution is -2.24. The van der Waals surface area contributed by atoms with Gasteiger partial charge in [0.1, 0.15) is 17.7 Å². The maximum atomic E-state index is 12.7. The van der Waals surface area contributed by atoms with E-state index in [1.165, 1.54) is 22.0 Å². The van der Waals surface area contributed by atoms with E-state index < -0.39 is 11.7 Å². The summed E-state index contributed by atoms with van der Waals surface area (Å²) in [7, 11) is 1.60. The van der Waals surface area contributed by atoms with Crippen molar-refractivity contribution in [3.05, 3.63) is 108 Å². The van der Waals surface area contributed by atoms with Crippen LogP contribution in [0.1, 0.15) is 33.4 Å². The van der Waals surface area contributed by atoms with Gasteiger partial charge in [0.05, 0.1) is 34.3 Å². The molecule has 4 rings (SSSR count). The Labute approximate surface area is 209 Å². The van der Waals surface area contributed by atoms with Crippen molar-refractivity contribution < 1.29 is 4.74 Å². The monoisotopic (exact) mass is 506 g/mol. The molecule has 2 aromatic carbocycles. The Bertz CT molecular complexity index is 1460. The third-order valence-electron chi connectivity index (χ3n) is 5.27. The Balaban J connectivity index is 1.79. The second kappa shape index (κ2) is 10.2. The van der Waals surface area contributed by atoms with Gasteiger partial charge < -0.3 is 9.30 Å². The number of hydrogen-bond acceptors (Lipinski definition) is 6. The zero-order valence-electron chi connectivity index (χ0n) is 17.8. The van der Waals surface area contributed by atoms with E-state index in [0.717, 1.165) is 10.4 Å². The van der Waals surface area contributed by atoms with Gasteiger partial charge in [-0.25, -0.2) is 0 Å². The molecule has 9 heteroatoms. The van der Waals surface area contributed by atoms with Gasteiger partial charge in [-0.05, 0) is 47.5 Å². The molecule has 0 N–H and O–H groups in total. The van der Waals surface area contributed by atoms with Crippen molar-refractivity contribution in [1.29, 1.82) is 10.5 Å². The highest BCUT2D eigenvalue weighted by molar-refractivity contribution is 7.09. The van der Waals surface area contributed by atoms with Crippen LogP contribution < -0.4 is 5.56 Å². The van der Waals surface area contributed by atoms with Crippen molar-refractivity contribution in [3.8, 4) is 23.3 Å². The molecule has 1 atom stereocenters. The van der Waals surface area contributed by atoms with E-state index in [4.69, 9.17) is 33.2 Å². The van der Waals surface area contributed by atoms with Gasteiger partial charge in [0.15, 0.2) is 0 Å². The van der Waals surface area contributed by atoms with E-state index in [2.05, 4.69) is 11.1 Å². The topological polar surface area (TPSA) is 91.7 Å². The normalized spacial score (nSPS) is 11.6. The SMILES string of the molecule is Cn1c(COC(c2ccc(C#N)cc2)c2cncs2)c(-c2cc(Cl)cc(Cl)c2)cc(C#N)c1=O. The average molecular weight is 507 g/mol. The molecule has 0 bridgehead atoms. The number of rotatable bonds is 6. The molecule has 34 heavy (non-hydrogen) atoms. The van der Waals surface area contributed by atoms with Crippen LogP contribution in [-0.4, -0.2) is 9.55 Å². The number of nitriles is 2. The van der Waals surface area contributed by atoms with Crippen LogP contribution in [-0.2, 0) is 18.4 Å². The molecule has 0 aliphatic heterocycles. The molecule has 0 aliphatic carbocycles. The van der Waals surface area contributed by atoms with Gasteiger partial charge in [0, 0.05) is 28.9 Å². The lowest BCUT2D eigenvalue weighted by Gasteiger charge is -2.20. The van der Waals surface area contributed by atoms with Crippen molar-refractivity contribution >= 4 is 34.5 Å². The minimum absolute atomic E-state index is 0.00319. The Morgan fingerprint density at radius 3 is 2.38 bits per heavy atom. The lowest BCUT2D eigenvalue weighted by molar-refractivity contribution is 0.0651. The van der Waals surface area contributed by atoms with Crippen LogP contribution in [0.5, 0.6) is 0 Å². The first-order valence-corrected chi connectivity index (χ1v) is 11.6. The number of benzene rings is 2. The van der Waals surface area contributed by atoms with Crippen molar-refractivity contribution in [2.45, 2.75) is 12.7 Å². The summed E-state index contributed by atoms with van der Waals surface area (Å²) in [5.74, 6) is 0. The molecule has 6 nitrogen and oxygen atoms in total.